The molecule has 0 bridgehead atoms. The van der Waals surface area contributed by atoms with E-state index in [1.807, 2.05) is 0 Å². The van der Waals surface area contributed by atoms with Crippen LogP contribution in [0.1, 0.15) is 58.3 Å². The molecule has 0 saturated heterocycles. The molecule has 0 radical (unpaired) electrons. The molecule has 2 N–H and O–H groups in total. The van der Waals surface area contributed by atoms with Crippen LogP contribution in [0.4, 0.5) is 4.79 Å². The Bertz CT molecular complexity index is 357. The number of rotatable bonds is 9. The molecule has 0 spiro atoms. The average Bonchev–Trinajstić information content (AvgIpc) is 2.64. The molecule has 4 nitrogen and oxygen atoms in total. The third kappa shape index (κ3) is 4.94. The van der Waals surface area contributed by atoms with Crippen LogP contribution in [-0.4, -0.2) is 29.4 Å². The maximum Gasteiger partial charge on any atom is 0.346 e. The molecule has 1 aliphatic rings. The average molecular weight is 263 g/mol. The molecule has 0 aromatic heterocycles. The highest BCUT2D eigenvalue weighted by Crippen LogP contribution is 2.17. The van der Waals surface area contributed by atoms with E-state index >= 15 is 0 Å². The number of aliphatic imine (C=N–C) groups is 1. The molecule has 0 aliphatic carbocycles. The van der Waals surface area contributed by atoms with Gasteiger partial charge in [0.1, 0.15) is 5.84 Å². The highest BCUT2D eigenvalue weighted by molar-refractivity contribution is 6.02. The van der Waals surface area contributed by atoms with Gasteiger partial charge < -0.3 is 10.6 Å². The van der Waals surface area contributed by atoms with Gasteiger partial charge in [-0.05, 0) is 6.42 Å². The summed E-state index contributed by atoms with van der Waals surface area (Å²) < 4.78 is 0. The Labute approximate surface area is 116 Å². The van der Waals surface area contributed by atoms with Gasteiger partial charge in [-0.25, -0.2) is 4.79 Å². The Hall–Kier alpha value is -1.50. The van der Waals surface area contributed by atoms with Crippen molar-refractivity contribution in [2.75, 3.05) is 6.54 Å². The first-order valence-corrected chi connectivity index (χ1v) is 7.28. The number of nitrogens with zero attached hydrogens (tertiary/aromatic N) is 2. The van der Waals surface area contributed by atoms with Crippen LogP contribution < -0.4 is 5.73 Å². The number of nitrogens with two attached hydrogens (primary N) is 1. The van der Waals surface area contributed by atoms with Crippen molar-refractivity contribution in [2.45, 2.75) is 64.3 Å². The van der Waals surface area contributed by atoms with E-state index in [1.54, 1.807) is 4.90 Å². The van der Waals surface area contributed by atoms with Gasteiger partial charge in [0, 0.05) is 0 Å². The highest BCUT2D eigenvalue weighted by Gasteiger charge is 2.31. The third-order valence-electron chi connectivity index (χ3n) is 3.53. The summed E-state index contributed by atoms with van der Waals surface area (Å²) in [5.41, 5.74) is 5.79. The highest BCUT2D eigenvalue weighted by atomic mass is 16.2. The van der Waals surface area contributed by atoms with Crippen LogP contribution in [0, 0.1) is 12.3 Å². The fourth-order valence-electron chi connectivity index (χ4n) is 2.42. The van der Waals surface area contributed by atoms with Crippen LogP contribution in [0.25, 0.3) is 0 Å². The summed E-state index contributed by atoms with van der Waals surface area (Å²) in [5.74, 6) is 2.91. The molecule has 106 valence electrons. The molecule has 19 heavy (non-hydrogen) atoms. The fraction of sp³-hybridized carbons (Fsp3) is 0.733. The molecule has 2 amide bonds. The van der Waals surface area contributed by atoms with Crippen molar-refractivity contribution in [3.63, 3.8) is 0 Å². The number of terminal acetylenes is 1. The first-order chi connectivity index (χ1) is 9.20. The van der Waals surface area contributed by atoms with Crippen molar-refractivity contribution < 1.29 is 4.79 Å². The van der Waals surface area contributed by atoms with E-state index < -0.39 is 0 Å². The first kappa shape index (κ1) is 15.6. The summed E-state index contributed by atoms with van der Waals surface area (Å²) in [7, 11) is 0. The summed E-state index contributed by atoms with van der Waals surface area (Å²) in [6, 6.07) is -0.373. The fourth-order valence-corrected chi connectivity index (χ4v) is 2.42. The number of carbonyl (C=O) groups excluding carboxylic acids is 1. The lowest BCUT2D eigenvalue weighted by Gasteiger charge is -2.21. The number of unbranched alkanes of at least 4 members (excludes halogenated alkanes) is 6. The van der Waals surface area contributed by atoms with E-state index in [9.17, 15) is 4.79 Å². The predicted octanol–water partition coefficient (Wildman–Crippen LogP) is 2.92. The lowest BCUT2D eigenvalue weighted by atomic mass is 10.0. The smallest absolute Gasteiger partial charge is 0.346 e. The van der Waals surface area contributed by atoms with Crippen molar-refractivity contribution in [2.24, 2.45) is 10.7 Å². The van der Waals surface area contributed by atoms with E-state index in [4.69, 9.17) is 12.2 Å². The van der Waals surface area contributed by atoms with Gasteiger partial charge in [0.2, 0.25) is 0 Å². The Morgan fingerprint density at radius 3 is 2.53 bits per heavy atom. The summed E-state index contributed by atoms with van der Waals surface area (Å²) in [5, 5.41) is 0. The van der Waals surface area contributed by atoms with Crippen molar-refractivity contribution in [3.05, 3.63) is 0 Å². The molecule has 4 heteroatoms. The molecule has 0 saturated carbocycles. The third-order valence-corrected chi connectivity index (χ3v) is 3.53. The minimum atomic E-state index is -0.289. The molecule has 0 aromatic rings. The zero-order valence-corrected chi connectivity index (χ0v) is 11.9. The molecule has 1 atom stereocenters. The monoisotopic (exact) mass is 263 g/mol. The van der Waals surface area contributed by atoms with Gasteiger partial charge in [-0.1, -0.05) is 57.8 Å². The molecule has 0 fully saturated rings. The largest absolute Gasteiger partial charge is 0.385 e. The van der Waals surface area contributed by atoms with Gasteiger partial charge in [-0.15, -0.1) is 6.42 Å². The van der Waals surface area contributed by atoms with Crippen molar-refractivity contribution >= 4 is 11.9 Å². The van der Waals surface area contributed by atoms with E-state index in [1.165, 1.54) is 38.5 Å². The Morgan fingerprint density at radius 2 is 1.89 bits per heavy atom. The summed E-state index contributed by atoms with van der Waals surface area (Å²) in [6.45, 7) is 2.52. The van der Waals surface area contributed by atoms with Crippen LogP contribution in [0.2, 0.25) is 0 Å². The van der Waals surface area contributed by atoms with Gasteiger partial charge in [0.25, 0.3) is 0 Å². The predicted molar refractivity (Wildman–Crippen MR) is 79.0 cm³/mol. The number of hydrogen-bond donors (Lipinski definition) is 1. The zero-order valence-electron chi connectivity index (χ0n) is 11.9. The van der Waals surface area contributed by atoms with Gasteiger partial charge in [0.15, 0.2) is 0 Å². The van der Waals surface area contributed by atoms with Gasteiger partial charge in [-0.2, -0.15) is 4.99 Å². The summed E-state index contributed by atoms with van der Waals surface area (Å²) in [6.07, 6.45) is 14.9. The number of amides is 2. The SMILES string of the molecule is C#CCN1C(=O)N=C(N)C1CCCCCCCCC. The lowest BCUT2D eigenvalue weighted by molar-refractivity contribution is 0.210. The van der Waals surface area contributed by atoms with Gasteiger partial charge in [-0.3, -0.25) is 0 Å². The Kier molecular flexibility index (Phi) is 7.02. The zero-order chi connectivity index (χ0) is 14.1. The van der Waals surface area contributed by atoms with Crippen molar-refractivity contribution in [3.8, 4) is 12.3 Å². The molecular formula is C15H25N3O. The number of amidine groups is 1. The molecule has 0 aromatic carbocycles. The minimum absolute atomic E-state index is 0.0841. The van der Waals surface area contributed by atoms with E-state index in [0.717, 1.165) is 12.8 Å². The number of hydrogen-bond acceptors (Lipinski definition) is 2. The maximum atomic E-state index is 11.6. The lowest BCUT2D eigenvalue weighted by Crippen LogP contribution is -2.40. The summed E-state index contributed by atoms with van der Waals surface area (Å²) >= 11 is 0. The van der Waals surface area contributed by atoms with Crippen LogP contribution in [-0.2, 0) is 0 Å². The van der Waals surface area contributed by atoms with E-state index in [-0.39, 0.29) is 12.1 Å². The second-order valence-electron chi connectivity index (χ2n) is 5.08. The van der Waals surface area contributed by atoms with Crippen LogP contribution in [0.3, 0.4) is 0 Å². The van der Waals surface area contributed by atoms with Gasteiger partial charge >= 0.3 is 6.03 Å². The molecular weight excluding hydrogens is 238 g/mol. The molecule has 1 heterocycles. The topological polar surface area (TPSA) is 58.7 Å². The van der Waals surface area contributed by atoms with Crippen molar-refractivity contribution in [1.29, 1.82) is 0 Å². The minimum Gasteiger partial charge on any atom is -0.385 e. The quantitative estimate of drug-likeness (QED) is 0.513. The second kappa shape index (κ2) is 8.58. The first-order valence-electron chi connectivity index (χ1n) is 7.28. The number of carbonyl (C=O) groups is 1. The summed E-state index contributed by atoms with van der Waals surface area (Å²) in [4.78, 5) is 16.9. The molecule has 1 unspecified atom stereocenters. The normalized spacial score (nSPS) is 18.5. The van der Waals surface area contributed by atoms with Crippen molar-refractivity contribution in [1.82, 2.24) is 4.90 Å². The number of urea groups is 1. The Morgan fingerprint density at radius 1 is 1.26 bits per heavy atom. The van der Waals surface area contributed by atoms with E-state index in [2.05, 4.69) is 17.8 Å². The van der Waals surface area contributed by atoms with Crippen LogP contribution >= 0.6 is 0 Å². The van der Waals surface area contributed by atoms with Crippen LogP contribution in [0.15, 0.2) is 4.99 Å². The van der Waals surface area contributed by atoms with Gasteiger partial charge in [0.05, 0.1) is 12.6 Å². The maximum absolute atomic E-state index is 11.6. The van der Waals surface area contributed by atoms with E-state index in [0.29, 0.717) is 12.4 Å². The molecule has 1 aliphatic heterocycles. The Balaban J connectivity index is 2.22. The van der Waals surface area contributed by atoms with Crippen LogP contribution in [0.5, 0.6) is 0 Å². The second-order valence-corrected chi connectivity index (χ2v) is 5.08. The standard InChI is InChI=1S/C15H25N3O/c1-3-5-6-7-8-9-10-11-13-14(16)17-15(19)18(13)12-4-2/h2,13H,3,5-12H2,1H3,(H2,16,17,19). The molecule has 1 rings (SSSR count).